The molecular weight excluding hydrogens is 437 g/mol. The van der Waals surface area contributed by atoms with E-state index in [0.717, 1.165) is 5.56 Å². The van der Waals surface area contributed by atoms with E-state index in [1.165, 1.54) is 0 Å². The summed E-state index contributed by atoms with van der Waals surface area (Å²) in [6.45, 7) is 10.8. The van der Waals surface area contributed by atoms with Crippen LogP contribution in [0.25, 0.3) is 0 Å². The molecule has 136 valence electrons. The Morgan fingerprint density at radius 1 is 1.21 bits per heavy atom. The third-order valence-corrected chi connectivity index (χ3v) is 5.11. The lowest BCUT2D eigenvalue weighted by Crippen LogP contribution is -2.39. The van der Waals surface area contributed by atoms with E-state index < -0.39 is 9.84 Å². The van der Waals surface area contributed by atoms with Gasteiger partial charge in [-0.3, -0.25) is 4.99 Å². The van der Waals surface area contributed by atoms with Gasteiger partial charge in [0.25, 0.3) is 0 Å². The molecule has 24 heavy (non-hydrogen) atoms. The van der Waals surface area contributed by atoms with Gasteiger partial charge < -0.3 is 10.6 Å². The zero-order valence-electron chi connectivity index (χ0n) is 14.8. The molecule has 0 saturated carbocycles. The number of halogens is 1. The van der Waals surface area contributed by atoms with E-state index in [9.17, 15) is 8.42 Å². The molecule has 0 aliphatic rings. The summed E-state index contributed by atoms with van der Waals surface area (Å²) >= 11 is 0. The molecule has 0 heterocycles. The minimum absolute atomic E-state index is 0. The summed E-state index contributed by atoms with van der Waals surface area (Å²) in [5.41, 5.74) is 1.12. The van der Waals surface area contributed by atoms with Crippen LogP contribution >= 0.6 is 24.0 Å². The Kier molecular flexibility index (Phi) is 9.57. The molecule has 0 spiro atoms. The Balaban J connectivity index is 0.00000529. The molecule has 0 atom stereocenters. The summed E-state index contributed by atoms with van der Waals surface area (Å²) in [6.07, 6.45) is 1.71. The predicted molar refractivity (Wildman–Crippen MR) is 112 cm³/mol. The maximum atomic E-state index is 12.4. The first-order valence-electron chi connectivity index (χ1n) is 7.59. The van der Waals surface area contributed by atoms with E-state index in [2.05, 4.69) is 43.0 Å². The van der Waals surface area contributed by atoms with Crippen LogP contribution in [0.1, 0.15) is 26.3 Å². The molecule has 0 radical (unpaired) electrons. The van der Waals surface area contributed by atoms with Crippen LogP contribution in [0.15, 0.2) is 46.8 Å². The van der Waals surface area contributed by atoms with Crippen molar-refractivity contribution in [3.8, 4) is 0 Å². The van der Waals surface area contributed by atoms with Gasteiger partial charge in [0, 0.05) is 20.1 Å². The van der Waals surface area contributed by atoms with Crippen molar-refractivity contribution >= 4 is 39.8 Å². The number of benzene rings is 1. The monoisotopic (exact) mass is 465 g/mol. The molecular formula is C17H28IN3O2S. The average Bonchev–Trinajstić information content (AvgIpc) is 2.50. The van der Waals surface area contributed by atoms with Crippen LogP contribution in [0.2, 0.25) is 0 Å². The van der Waals surface area contributed by atoms with Crippen LogP contribution in [0, 0.1) is 0 Å². The number of hydrogen-bond acceptors (Lipinski definition) is 3. The van der Waals surface area contributed by atoms with E-state index in [-0.39, 0.29) is 35.1 Å². The Labute approximate surface area is 163 Å². The number of hydrogen-bond donors (Lipinski definition) is 2. The fourth-order valence-corrected chi connectivity index (χ4v) is 3.13. The SMILES string of the molecule is C=CCNC(=NC)NCCS(=O)(=O)c1ccc(C(C)(C)C)cc1.I. The highest BCUT2D eigenvalue weighted by atomic mass is 127. The second-order valence-electron chi connectivity index (χ2n) is 6.26. The van der Waals surface area contributed by atoms with Crippen LogP contribution in [-0.4, -0.2) is 40.3 Å². The average molecular weight is 465 g/mol. The van der Waals surface area contributed by atoms with Crippen molar-refractivity contribution in [2.45, 2.75) is 31.1 Å². The highest BCUT2D eigenvalue weighted by Crippen LogP contribution is 2.23. The molecule has 0 amide bonds. The third kappa shape index (κ3) is 7.21. The van der Waals surface area contributed by atoms with Crippen molar-refractivity contribution in [2.75, 3.05) is 25.9 Å². The number of rotatable bonds is 6. The lowest BCUT2D eigenvalue weighted by molar-refractivity contribution is 0.586. The molecule has 1 rings (SSSR count). The van der Waals surface area contributed by atoms with E-state index in [1.807, 2.05) is 12.1 Å². The van der Waals surface area contributed by atoms with Crippen LogP contribution in [-0.2, 0) is 15.3 Å². The van der Waals surface area contributed by atoms with Gasteiger partial charge in [-0.1, -0.05) is 39.0 Å². The van der Waals surface area contributed by atoms with Crippen molar-refractivity contribution in [1.29, 1.82) is 0 Å². The number of nitrogens with one attached hydrogen (secondary N) is 2. The summed E-state index contributed by atoms with van der Waals surface area (Å²) in [6, 6.07) is 7.12. The van der Waals surface area contributed by atoms with Crippen molar-refractivity contribution in [1.82, 2.24) is 10.6 Å². The Hall–Kier alpha value is -1.09. The van der Waals surface area contributed by atoms with Gasteiger partial charge in [-0.15, -0.1) is 30.6 Å². The van der Waals surface area contributed by atoms with E-state index in [1.54, 1.807) is 25.3 Å². The number of guanidine groups is 1. The van der Waals surface area contributed by atoms with E-state index >= 15 is 0 Å². The van der Waals surface area contributed by atoms with Gasteiger partial charge in [-0.2, -0.15) is 0 Å². The normalized spacial score (nSPS) is 12.2. The standard InChI is InChI=1S/C17H27N3O2S.HI/c1-6-11-19-16(18-5)20-12-13-23(21,22)15-9-7-14(8-10-15)17(2,3)4;/h6-10H,1,11-13H2,2-5H3,(H2,18,19,20);1H. The minimum Gasteiger partial charge on any atom is -0.355 e. The second-order valence-corrected chi connectivity index (χ2v) is 8.37. The van der Waals surface area contributed by atoms with Crippen LogP contribution < -0.4 is 10.6 Å². The highest BCUT2D eigenvalue weighted by molar-refractivity contribution is 14.0. The van der Waals surface area contributed by atoms with Crippen molar-refractivity contribution in [2.24, 2.45) is 4.99 Å². The van der Waals surface area contributed by atoms with Crippen LogP contribution in [0.3, 0.4) is 0 Å². The first-order chi connectivity index (χ1) is 10.7. The maximum absolute atomic E-state index is 12.4. The van der Waals surface area contributed by atoms with Crippen LogP contribution in [0.4, 0.5) is 0 Å². The second kappa shape index (κ2) is 10.0. The number of sulfone groups is 1. The van der Waals surface area contributed by atoms with Gasteiger partial charge in [0.15, 0.2) is 15.8 Å². The molecule has 7 heteroatoms. The molecule has 0 fully saturated rings. The van der Waals surface area contributed by atoms with Crippen molar-refractivity contribution in [3.63, 3.8) is 0 Å². The molecule has 1 aromatic rings. The molecule has 0 bridgehead atoms. The highest BCUT2D eigenvalue weighted by Gasteiger charge is 2.17. The zero-order chi connectivity index (χ0) is 17.5. The number of aliphatic imine (C=N–C) groups is 1. The summed E-state index contributed by atoms with van der Waals surface area (Å²) in [5.74, 6) is 0.569. The first-order valence-corrected chi connectivity index (χ1v) is 9.24. The van der Waals surface area contributed by atoms with Gasteiger partial charge in [-0.05, 0) is 23.1 Å². The van der Waals surface area contributed by atoms with Gasteiger partial charge in [0.2, 0.25) is 0 Å². The van der Waals surface area contributed by atoms with Crippen LogP contribution in [0.5, 0.6) is 0 Å². The van der Waals surface area contributed by atoms with Crippen molar-refractivity contribution < 1.29 is 8.42 Å². The summed E-state index contributed by atoms with van der Waals surface area (Å²) in [4.78, 5) is 4.36. The van der Waals surface area contributed by atoms with Gasteiger partial charge in [0.05, 0.1) is 10.6 Å². The maximum Gasteiger partial charge on any atom is 0.191 e. The smallest absolute Gasteiger partial charge is 0.191 e. The molecule has 2 N–H and O–H groups in total. The predicted octanol–water partition coefficient (Wildman–Crippen LogP) is 2.73. The number of nitrogens with zero attached hydrogens (tertiary/aromatic N) is 1. The zero-order valence-corrected chi connectivity index (χ0v) is 17.9. The van der Waals surface area contributed by atoms with E-state index in [4.69, 9.17) is 0 Å². The molecule has 1 aromatic carbocycles. The molecule has 0 unspecified atom stereocenters. The van der Waals surface area contributed by atoms with E-state index in [0.29, 0.717) is 23.9 Å². The summed E-state index contributed by atoms with van der Waals surface area (Å²) in [5, 5.41) is 5.97. The van der Waals surface area contributed by atoms with Gasteiger partial charge in [0.1, 0.15) is 0 Å². The minimum atomic E-state index is -3.31. The molecule has 0 aliphatic carbocycles. The fourth-order valence-electron chi connectivity index (χ4n) is 1.97. The lowest BCUT2D eigenvalue weighted by Gasteiger charge is -2.19. The fraction of sp³-hybridized carbons (Fsp3) is 0.471. The first kappa shape index (κ1) is 22.9. The lowest BCUT2D eigenvalue weighted by atomic mass is 9.87. The van der Waals surface area contributed by atoms with Crippen molar-refractivity contribution in [3.05, 3.63) is 42.5 Å². The Morgan fingerprint density at radius 2 is 1.79 bits per heavy atom. The molecule has 0 saturated heterocycles. The Bertz CT molecular complexity index is 647. The third-order valence-electron chi connectivity index (χ3n) is 3.38. The largest absolute Gasteiger partial charge is 0.355 e. The van der Waals surface area contributed by atoms with Gasteiger partial charge >= 0.3 is 0 Å². The Morgan fingerprint density at radius 3 is 2.25 bits per heavy atom. The van der Waals surface area contributed by atoms with Gasteiger partial charge in [-0.25, -0.2) is 8.42 Å². The molecule has 5 nitrogen and oxygen atoms in total. The summed E-state index contributed by atoms with van der Waals surface area (Å²) < 4.78 is 24.7. The topological polar surface area (TPSA) is 70.6 Å². The quantitative estimate of drug-likeness (QED) is 0.294. The molecule has 0 aliphatic heterocycles. The molecule has 0 aromatic heterocycles. The summed E-state index contributed by atoms with van der Waals surface area (Å²) in [7, 11) is -1.68.